The quantitative estimate of drug-likeness (QED) is 0.818. The second kappa shape index (κ2) is 4.42. The molecular weight excluding hydrogens is 242 g/mol. The number of aromatic amines is 1. The van der Waals surface area contributed by atoms with E-state index in [2.05, 4.69) is 15.5 Å². The lowest BCUT2D eigenvalue weighted by Gasteiger charge is -2.08. The first-order chi connectivity index (χ1) is 9.16. The molecule has 0 saturated carbocycles. The Hall–Kier alpha value is -2.30. The van der Waals surface area contributed by atoms with Crippen LogP contribution in [-0.2, 0) is 0 Å². The van der Waals surface area contributed by atoms with Crippen LogP contribution in [0, 0.1) is 13.8 Å². The van der Waals surface area contributed by atoms with E-state index in [1.165, 1.54) is 0 Å². The number of amides is 1. The fourth-order valence-electron chi connectivity index (χ4n) is 2.39. The molecule has 5 heteroatoms. The molecule has 0 atom stereocenters. The van der Waals surface area contributed by atoms with Crippen molar-refractivity contribution in [2.24, 2.45) is 0 Å². The Labute approximate surface area is 111 Å². The highest BCUT2D eigenvalue weighted by molar-refractivity contribution is 5.98. The van der Waals surface area contributed by atoms with Gasteiger partial charge in [0.25, 0.3) is 5.91 Å². The van der Waals surface area contributed by atoms with Crippen molar-refractivity contribution in [2.75, 3.05) is 13.2 Å². The van der Waals surface area contributed by atoms with Crippen molar-refractivity contribution in [1.29, 1.82) is 0 Å². The zero-order valence-corrected chi connectivity index (χ0v) is 10.9. The van der Waals surface area contributed by atoms with E-state index in [-0.39, 0.29) is 5.91 Å². The molecule has 2 aromatic rings. The van der Waals surface area contributed by atoms with Gasteiger partial charge in [-0.3, -0.25) is 9.89 Å². The zero-order valence-electron chi connectivity index (χ0n) is 10.9. The van der Waals surface area contributed by atoms with Crippen LogP contribution in [0.5, 0.6) is 5.75 Å². The maximum Gasteiger partial charge on any atom is 0.255 e. The average molecular weight is 257 g/mol. The predicted octanol–water partition coefficient (Wildman–Crippen LogP) is 1.82. The summed E-state index contributed by atoms with van der Waals surface area (Å²) in [4.78, 5) is 12.0. The fourth-order valence-corrected chi connectivity index (χ4v) is 2.39. The normalized spacial score (nSPS) is 14.3. The van der Waals surface area contributed by atoms with Gasteiger partial charge < -0.3 is 10.1 Å². The maximum absolute atomic E-state index is 12.0. The Morgan fingerprint density at radius 1 is 1.32 bits per heavy atom. The molecule has 3 rings (SSSR count). The van der Waals surface area contributed by atoms with Crippen molar-refractivity contribution in [1.82, 2.24) is 15.5 Å². The Morgan fingerprint density at radius 2 is 2.16 bits per heavy atom. The van der Waals surface area contributed by atoms with Crippen LogP contribution in [0.4, 0.5) is 0 Å². The zero-order chi connectivity index (χ0) is 13.4. The van der Waals surface area contributed by atoms with Crippen LogP contribution in [0.2, 0.25) is 0 Å². The van der Waals surface area contributed by atoms with E-state index >= 15 is 0 Å². The van der Waals surface area contributed by atoms with Gasteiger partial charge in [0.05, 0.1) is 17.8 Å². The van der Waals surface area contributed by atoms with Crippen molar-refractivity contribution in [2.45, 2.75) is 13.8 Å². The average Bonchev–Trinajstić information content (AvgIpc) is 2.63. The van der Waals surface area contributed by atoms with E-state index in [0.29, 0.717) is 24.5 Å². The van der Waals surface area contributed by atoms with E-state index in [1.807, 2.05) is 32.0 Å². The number of aryl methyl sites for hydroxylation is 2. The SMILES string of the molecule is Cc1n[nH]c(C)c1-c1ccc2c(c1)C(=O)NCCO2. The lowest BCUT2D eigenvalue weighted by atomic mass is 10.0. The number of rotatable bonds is 1. The van der Waals surface area contributed by atoms with E-state index < -0.39 is 0 Å². The topological polar surface area (TPSA) is 67.0 Å². The van der Waals surface area contributed by atoms with E-state index in [0.717, 1.165) is 22.5 Å². The first-order valence-electron chi connectivity index (χ1n) is 6.24. The van der Waals surface area contributed by atoms with Gasteiger partial charge in [-0.1, -0.05) is 6.07 Å². The summed E-state index contributed by atoms with van der Waals surface area (Å²) in [5.74, 6) is 0.547. The van der Waals surface area contributed by atoms with Crippen LogP contribution in [0.3, 0.4) is 0 Å². The number of aromatic nitrogens is 2. The number of ether oxygens (including phenoxy) is 1. The predicted molar refractivity (Wildman–Crippen MR) is 71.3 cm³/mol. The summed E-state index contributed by atoms with van der Waals surface area (Å²) in [6, 6.07) is 5.67. The minimum Gasteiger partial charge on any atom is -0.491 e. The summed E-state index contributed by atoms with van der Waals surface area (Å²) in [7, 11) is 0. The largest absolute Gasteiger partial charge is 0.491 e. The Balaban J connectivity index is 2.13. The van der Waals surface area contributed by atoms with Gasteiger partial charge in [-0.2, -0.15) is 5.10 Å². The maximum atomic E-state index is 12.0. The molecule has 0 unspecified atom stereocenters. The lowest BCUT2D eigenvalue weighted by Crippen LogP contribution is -2.24. The number of nitrogens with zero attached hydrogens (tertiary/aromatic N) is 1. The smallest absolute Gasteiger partial charge is 0.255 e. The van der Waals surface area contributed by atoms with E-state index in [1.54, 1.807) is 0 Å². The highest BCUT2D eigenvalue weighted by atomic mass is 16.5. The Morgan fingerprint density at radius 3 is 2.89 bits per heavy atom. The van der Waals surface area contributed by atoms with Gasteiger partial charge in [-0.25, -0.2) is 0 Å². The highest BCUT2D eigenvalue weighted by Gasteiger charge is 2.18. The van der Waals surface area contributed by atoms with E-state index in [9.17, 15) is 4.79 Å². The number of benzene rings is 1. The minimum atomic E-state index is -0.0897. The van der Waals surface area contributed by atoms with Gasteiger partial charge in [0.15, 0.2) is 0 Å². The van der Waals surface area contributed by atoms with Crippen molar-refractivity contribution in [3.05, 3.63) is 35.2 Å². The number of H-pyrrole nitrogens is 1. The number of carbonyl (C=O) groups excluding carboxylic acids is 1. The summed E-state index contributed by atoms with van der Waals surface area (Å²) in [6.07, 6.45) is 0. The summed E-state index contributed by atoms with van der Waals surface area (Å²) in [6.45, 7) is 4.95. The van der Waals surface area contributed by atoms with Crippen LogP contribution in [0.25, 0.3) is 11.1 Å². The summed E-state index contributed by atoms with van der Waals surface area (Å²) < 4.78 is 5.54. The van der Waals surface area contributed by atoms with Crippen LogP contribution in [0.15, 0.2) is 18.2 Å². The van der Waals surface area contributed by atoms with Crippen molar-refractivity contribution in [3.8, 4) is 16.9 Å². The third kappa shape index (κ3) is 1.97. The molecule has 2 N–H and O–H groups in total. The van der Waals surface area contributed by atoms with Crippen LogP contribution < -0.4 is 10.1 Å². The number of carbonyl (C=O) groups is 1. The van der Waals surface area contributed by atoms with Gasteiger partial charge >= 0.3 is 0 Å². The third-order valence-corrected chi connectivity index (χ3v) is 3.29. The molecule has 0 fully saturated rings. The molecule has 1 aromatic carbocycles. The molecule has 5 nitrogen and oxygen atoms in total. The van der Waals surface area contributed by atoms with E-state index in [4.69, 9.17) is 4.74 Å². The van der Waals surface area contributed by atoms with Gasteiger partial charge in [-0.15, -0.1) is 0 Å². The van der Waals surface area contributed by atoms with Gasteiger partial charge in [0.2, 0.25) is 0 Å². The van der Waals surface area contributed by atoms with Crippen molar-refractivity contribution in [3.63, 3.8) is 0 Å². The molecule has 1 aliphatic rings. The fraction of sp³-hybridized carbons (Fsp3) is 0.286. The van der Waals surface area contributed by atoms with Gasteiger partial charge in [0.1, 0.15) is 12.4 Å². The molecule has 98 valence electrons. The molecule has 1 aliphatic heterocycles. The van der Waals surface area contributed by atoms with Crippen LogP contribution in [0.1, 0.15) is 21.7 Å². The molecule has 2 heterocycles. The highest BCUT2D eigenvalue weighted by Crippen LogP contribution is 2.30. The molecule has 0 spiro atoms. The molecule has 1 aromatic heterocycles. The van der Waals surface area contributed by atoms with Crippen LogP contribution in [-0.4, -0.2) is 29.3 Å². The Kier molecular flexibility index (Phi) is 2.74. The number of fused-ring (bicyclic) bond motifs is 1. The monoisotopic (exact) mass is 257 g/mol. The number of hydrogen-bond donors (Lipinski definition) is 2. The number of hydrogen-bond acceptors (Lipinski definition) is 3. The number of nitrogens with one attached hydrogen (secondary N) is 2. The molecular formula is C14H15N3O2. The minimum absolute atomic E-state index is 0.0897. The van der Waals surface area contributed by atoms with Crippen molar-refractivity contribution >= 4 is 5.91 Å². The first kappa shape index (κ1) is 11.8. The second-order valence-corrected chi connectivity index (χ2v) is 4.62. The van der Waals surface area contributed by atoms with Gasteiger partial charge in [0, 0.05) is 11.3 Å². The first-order valence-corrected chi connectivity index (χ1v) is 6.24. The summed E-state index contributed by atoms with van der Waals surface area (Å²) >= 11 is 0. The lowest BCUT2D eigenvalue weighted by molar-refractivity contribution is 0.0957. The molecule has 0 radical (unpaired) electrons. The summed E-state index contributed by atoms with van der Waals surface area (Å²) in [5, 5.41) is 9.96. The van der Waals surface area contributed by atoms with Crippen molar-refractivity contribution < 1.29 is 9.53 Å². The third-order valence-electron chi connectivity index (χ3n) is 3.29. The standard InChI is InChI=1S/C14H15N3O2/c1-8-13(9(2)17-16-8)10-3-4-12-11(7-10)14(18)15-5-6-19-12/h3-4,7H,5-6H2,1-2H3,(H,15,18)(H,16,17). The second-order valence-electron chi connectivity index (χ2n) is 4.62. The summed E-state index contributed by atoms with van der Waals surface area (Å²) in [5.41, 5.74) is 4.51. The van der Waals surface area contributed by atoms with Crippen LogP contribution >= 0.6 is 0 Å². The molecule has 0 bridgehead atoms. The Bertz CT molecular complexity index is 627. The molecule has 0 aliphatic carbocycles. The molecule has 0 saturated heterocycles. The molecule has 1 amide bonds. The van der Waals surface area contributed by atoms with Gasteiger partial charge in [-0.05, 0) is 31.5 Å². The molecule has 19 heavy (non-hydrogen) atoms.